The van der Waals surface area contributed by atoms with Gasteiger partial charge in [0.1, 0.15) is 8.07 Å². The zero-order valence-corrected chi connectivity index (χ0v) is 15.6. The summed E-state index contributed by atoms with van der Waals surface area (Å²) in [6.07, 6.45) is 6.17. The van der Waals surface area contributed by atoms with Gasteiger partial charge in [0.2, 0.25) is 0 Å². The molecule has 0 N–H and O–H groups in total. The summed E-state index contributed by atoms with van der Waals surface area (Å²) in [5.41, 5.74) is 1.33. The summed E-state index contributed by atoms with van der Waals surface area (Å²) < 4.78 is 6.90. The lowest BCUT2D eigenvalue weighted by Crippen LogP contribution is -2.44. The molecular formula is C14H22Br2OSi. The van der Waals surface area contributed by atoms with Crippen molar-refractivity contribution in [2.45, 2.75) is 51.7 Å². The van der Waals surface area contributed by atoms with Crippen molar-refractivity contribution < 1.29 is 4.42 Å². The largest absolute Gasteiger partial charge is 0.474 e. The number of allylic oxidation sites excluding steroid dienone is 1. The zero-order chi connectivity index (χ0) is 13.6. The molecule has 0 saturated carbocycles. The van der Waals surface area contributed by atoms with E-state index in [1.54, 1.807) is 0 Å². The molecule has 0 aromatic carbocycles. The highest BCUT2D eigenvalue weighted by atomic mass is 79.9. The SMILES string of the molecule is CC[Si](CC)(CC)c1cc(CCC=C(Br)Br)co1. The van der Waals surface area contributed by atoms with Crippen molar-refractivity contribution in [2.75, 3.05) is 0 Å². The van der Waals surface area contributed by atoms with Crippen molar-refractivity contribution in [1.29, 1.82) is 0 Å². The molecule has 0 aliphatic rings. The molecule has 0 bridgehead atoms. The lowest BCUT2D eigenvalue weighted by molar-refractivity contribution is 0.591. The summed E-state index contributed by atoms with van der Waals surface area (Å²) >= 11 is 6.76. The molecule has 0 atom stereocenters. The van der Waals surface area contributed by atoms with Crippen molar-refractivity contribution in [1.82, 2.24) is 0 Å². The molecule has 0 fully saturated rings. The van der Waals surface area contributed by atoms with Crippen LogP contribution in [-0.4, -0.2) is 8.07 Å². The molecule has 4 heteroatoms. The molecule has 0 spiro atoms. The van der Waals surface area contributed by atoms with Crippen LogP contribution in [0.4, 0.5) is 0 Å². The van der Waals surface area contributed by atoms with Gasteiger partial charge in [-0.3, -0.25) is 0 Å². The van der Waals surface area contributed by atoms with Crippen LogP contribution in [0.3, 0.4) is 0 Å². The van der Waals surface area contributed by atoms with Gasteiger partial charge in [-0.15, -0.1) is 0 Å². The molecule has 1 rings (SSSR count). The highest BCUT2D eigenvalue weighted by Crippen LogP contribution is 2.22. The minimum absolute atomic E-state index is 1.03. The number of rotatable bonds is 7. The summed E-state index contributed by atoms with van der Waals surface area (Å²) in [5.74, 6) is 0. The van der Waals surface area contributed by atoms with Gasteiger partial charge in [-0.05, 0) is 56.3 Å². The molecule has 18 heavy (non-hydrogen) atoms. The molecule has 1 nitrogen and oxygen atoms in total. The van der Waals surface area contributed by atoms with E-state index in [4.69, 9.17) is 4.42 Å². The Kier molecular flexibility index (Phi) is 6.96. The van der Waals surface area contributed by atoms with Crippen molar-refractivity contribution in [3.63, 3.8) is 0 Å². The number of halogens is 2. The molecular weight excluding hydrogens is 372 g/mol. The Balaban J connectivity index is 2.75. The van der Waals surface area contributed by atoms with E-state index in [1.807, 2.05) is 6.26 Å². The Morgan fingerprint density at radius 1 is 1.22 bits per heavy atom. The van der Waals surface area contributed by atoms with Gasteiger partial charge < -0.3 is 4.42 Å². The first-order valence-electron chi connectivity index (χ1n) is 6.67. The van der Waals surface area contributed by atoms with Crippen LogP contribution in [-0.2, 0) is 6.42 Å². The minimum atomic E-state index is -1.33. The quantitative estimate of drug-likeness (QED) is 0.552. The fourth-order valence-electron chi connectivity index (χ4n) is 2.41. The van der Waals surface area contributed by atoms with E-state index < -0.39 is 8.07 Å². The van der Waals surface area contributed by atoms with Crippen LogP contribution in [0.15, 0.2) is 26.2 Å². The number of furan rings is 1. The van der Waals surface area contributed by atoms with Crippen molar-refractivity contribution >= 4 is 45.3 Å². The smallest absolute Gasteiger partial charge is 0.131 e. The van der Waals surface area contributed by atoms with Gasteiger partial charge in [0.15, 0.2) is 0 Å². The predicted molar refractivity (Wildman–Crippen MR) is 89.8 cm³/mol. The Labute approximate surface area is 128 Å². The van der Waals surface area contributed by atoms with Crippen LogP contribution in [0.2, 0.25) is 18.1 Å². The molecule has 1 aromatic rings. The summed E-state index contributed by atoms with van der Waals surface area (Å²) in [6, 6.07) is 6.14. The maximum Gasteiger partial charge on any atom is 0.131 e. The van der Waals surface area contributed by atoms with E-state index in [0.29, 0.717) is 0 Å². The third-order valence-electron chi connectivity index (χ3n) is 3.94. The summed E-state index contributed by atoms with van der Waals surface area (Å²) in [6.45, 7) is 6.93. The van der Waals surface area contributed by atoms with Crippen LogP contribution in [0, 0.1) is 0 Å². The normalized spacial score (nSPS) is 11.6. The monoisotopic (exact) mass is 392 g/mol. The number of hydrogen-bond donors (Lipinski definition) is 0. The van der Waals surface area contributed by atoms with Gasteiger partial charge in [-0.2, -0.15) is 0 Å². The lowest BCUT2D eigenvalue weighted by atomic mass is 10.2. The van der Waals surface area contributed by atoms with Crippen molar-refractivity contribution in [2.24, 2.45) is 0 Å². The van der Waals surface area contributed by atoms with E-state index in [-0.39, 0.29) is 0 Å². The fourth-order valence-corrected chi connectivity index (χ4v) is 6.21. The van der Waals surface area contributed by atoms with Gasteiger partial charge in [0, 0.05) is 0 Å². The maximum absolute atomic E-state index is 5.88. The molecule has 1 aromatic heterocycles. The van der Waals surface area contributed by atoms with Crippen LogP contribution in [0.1, 0.15) is 32.8 Å². The number of aryl methyl sites for hydroxylation is 1. The second-order valence-corrected chi connectivity index (χ2v) is 12.6. The fraction of sp³-hybridized carbons (Fsp3) is 0.571. The molecule has 0 saturated heterocycles. The standard InChI is InChI=1S/C14H22Br2OSi/c1-4-18(5-2,6-3)14-10-12(11-17-14)8-7-9-13(15)16/h9-11H,4-8H2,1-3H3. The van der Waals surface area contributed by atoms with E-state index in [2.05, 4.69) is 64.8 Å². The highest BCUT2D eigenvalue weighted by molar-refractivity contribution is 9.28. The van der Waals surface area contributed by atoms with Gasteiger partial charge in [-0.1, -0.05) is 45.0 Å². The van der Waals surface area contributed by atoms with E-state index in [0.717, 1.165) is 16.2 Å². The van der Waals surface area contributed by atoms with Crippen molar-refractivity contribution in [3.05, 3.63) is 27.4 Å². The molecule has 0 radical (unpaired) electrons. The van der Waals surface area contributed by atoms with E-state index in [1.165, 1.54) is 29.1 Å². The first-order valence-corrected chi connectivity index (χ1v) is 10.9. The predicted octanol–water partition coefficient (Wildman–Crippen LogP) is 5.56. The van der Waals surface area contributed by atoms with Gasteiger partial charge >= 0.3 is 0 Å². The van der Waals surface area contributed by atoms with Crippen LogP contribution in [0.25, 0.3) is 0 Å². The number of hydrogen-bond acceptors (Lipinski definition) is 1. The Hall–Kier alpha value is 0.197. The summed E-state index contributed by atoms with van der Waals surface area (Å²) in [5, 5.41) is 1.30. The highest BCUT2D eigenvalue weighted by Gasteiger charge is 2.32. The second-order valence-electron chi connectivity index (χ2n) is 4.69. The van der Waals surface area contributed by atoms with Gasteiger partial charge in [0.05, 0.1) is 15.0 Å². The molecule has 102 valence electrons. The van der Waals surface area contributed by atoms with Crippen LogP contribution >= 0.6 is 31.9 Å². The lowest BCUT2D eigenvalue weighted by Gasteiger charge is -2.24. The summed E-state index contributed by atoms with van der Waals surface area (Å²) in [7, 11) is -1.33. The molecule has 1 heterocycles. The Bertz CT molecular complexity index is 382. The minimum Gasteiger partial charge on any atom is -0.474 e. The van der Waals surface area contributed by atoms with Crippen LogP contribution < -0.4 is 5.38 Å². The van der Waals surface area contributed by atoms with E-state index >= 15 is 0 Å². The maximum atomic E-state index is 5.88. The Morgan fingerprint density at radius 3 is 2.33 bits per heavy atom. The topological polar surface area (TPSA) is 13.1 Å². The first-order chi connectivity index (χ1) is 8.57. The summed E-state index contributed by atoms with van der Waals surface area (Å²) in [4.78, 5) is 0. The van der Waals surface area contributed by atoms with E-state index in [9.17, 15) is 0 Å². The van der Waals surface area contributed by atoms with Gasteiger partial charge in [-0.25, -0.2) is 0 Å². The van der Waals surface area contributed by atoms with Gasteiger partial charge in [0.25, 0.3) is 0 Å². The Morgan fingerprint density at radius 2 is 1.83 bits per heavy atom. The second kappa shape index (κ2) is 7.71. The first kappa shape index (κ1) is 16.3. The zero-order valence-electron chi connectivity index (χ0n) is 11.4. The third kappa shape index (κ3) is 4.10. The van der Waals surface area contributed by atoms with Crippen LogP contribution in [0.5, 0.6) is 0 Å². The molecule has 0 amide bonds. The average Bonchev–Trinajstić information content (AvgIpc) is 2.81. The van der Waals surface area contributed by atoms with Crippen molar-refractivity contribution in [3.8, 4) is 0 Å². The molecule has 0 unspecified atom stereocenters. The third-order valence-corrected chi connectivity index (χ3v) is 9.95. The average molecular weight is 394 g/mol. The molecule has 0 aliphatic carbocycles. The molecule has 0 aliphatic heterocycles.